The van der Waals surface area contributed by atoms with Crippen molar-refractivity contribution >= 4 is 40.8 Å². The Morgan fingerprint density at radius 3 is 2.67 bits per heavy atom. The van der Waals surface area contributed by atoms with E-state index in [9.17, 15) is 9.59 Å². The van der Waals surface area contributed by atoms with Gasteiger partial charge in [-0.1, -0.05) is 0 Å². The van der Waals surface area contributed by atoms with Crippen LogP contribution in [0.4, 0.5) is 5.82 Å². The van der Waals surface area contributed by atoms with Crippen molar-refractivity contribution in [2.75, 3.05) is 19.5 Å². The molecule has 1 aromatic heterocycles. The van der Waals surface area contributed by atoms with Crippen molar-refractivity contribution in [2.24, 2.45) is 0 Å². The van der Waals surface area contributed by atoms with E-state index in [0.29, 0.717) is 28.2 Å². The molecule has 3 rings (SSSR count). The zero-order valence-electron chi connectivity index (χ0n) is 13.0. The summed E-state index contributed by atoms with van der Waals surface area (Å²) < 4.78 is 12.0. The molecule has 126 valence electrons. The molecule has 1 atom stereocenters. The number of carboxylic acids is 1. The average Bonchev–Trinajstić information content (AvgIpc) is 2.89. The van der Waals surface area contributed by atoms with Gasteiger partial charge in [0, 0.05) is 17.9 Å². The van der Waals surface area contributed by atoms with Gasteiger partial charge < -0.3 is 19.9 Å². The van der Waals surface area contributed by atoms with Crippen molar-refractivity contribution in [3.05, 3.63) is 16.9 Å². The highest BCUT2D eigenvalue weighted by molar-refractivity contribution is 7.71. The number of ether oxygens (including phenoxy) is 2. The summed E-state index contributed by atoms with van der Waals surface area (Å²) in [6, 6.07) is 2.74. The molecule has 0 spiro atoms. The monoisotopic (exact) mass is 349 g/mol. The topological polar surface area (TPSA) is 103 Å². The van der Waals surface area contributed by atoms with Crippen LogP contribution in [0.1, 0.15) is 17.6 Å². The lowest BCUT2D eigenvalue weighted by Crippen LogP contribution is -2.25. The lowest BCUT2D eigenvalue weighted by molar-refractivity contribution is -0.137. The maximum Gasteiger partial charge on any atom is 0.303 e. The number of rotatable bonds is 5. The highest BCUT2D eigenvalue weighted by Crippen LogP contribution is 2.36. The first-order chi connectivity index (χ1) is 11.5. The number of anilines is 1. The maximum absolute atomic E-state index is 12.5. The number of aromatic nitrogens is 2. The van der Waals surface area contributed by atoms with Crippen LogP contribution >= 0.6 is 12.2 Å². The standard InChI is InChI=1S/C15H15N3O5S/c1-22-10-5-7-9(6-11(10)23-2)17-15(24)18-13(7)16-8(14(18)21)3-4-12(19)20/h5-6,8,16H,3-4H2,1-2H3,(H,19,20)/t8-/m0/s1. The van der Waals surface area contributed by atoms with Crippen LogP contribution in [0.3, 0.4) is 0 Å². The van der Waals surface area contributed by atoms with Crippen molar-refractivity contribution in [1.29, 1.82) is 0 Å². The Balaban J connectivity index is 2.14. The van der Waals surface area contributed by atoms with E-state index in [1.807, 2.05) is 0 Å². The van der Waals surface area contributed by atoms with Gasteiger partial charge in [0.2, 0.25) is 4.77 Å². The minimum Gasteiger partial charge on any atom is -0.493 e. The smallest absolute Gasteiger partial charge is 0.303 e. The normalized spacial score (nSPS) is 15.9. The fourth-order valence-corrected chi connectivity index (χ4v) is 2.99. The number of methoxy groups -OCH3 is 2. The SMILES string of the molecule is COc1cc2nc(=S)n3c(c2cc1OC)N[C@@H](CCC(=O)O)C3=O. The van der Waals surface area contributed by atoms with Gasteiger partial charge in [0.1, 0.15) is 11.9 Å². The fourth-order valence-electron chi connectivity index (χ4n) is 2.71. The second-order valence-corrected chi connectivity index (χ2v) is 5.64. The van der Waals surface area contributed by atoms with Crippen LogP contribution in [0.15, 0.2) is 12.1 Å². The molecule has 0 radical (unpaired) electrons. The molecule has 9 heteroatoms. The lowest BCUT2D eigenvalue weighted by Gasteiger charge is -2.11. The summed E-state index contributed by atoms with van der Waals surface area (Å²) in [6.07, 6.45) is 0.0482. The van der Waals surface area contributed by atoms with E-state index in [1.165, 1.54) is 18.8 Å². The summed E-state index contributed by atoms with van der Waals surface area (Å²) in [5.41, 5.74) is 0.558. The van der Waals surface area contributed by atoms with Crippen LogP contribution in [0.25, 0.3) is 10.9 Å². The second-order valence-electron chi connectivity index (χ2n) is 5.27. The lowest BCUT2D eigenvalue weighted by atomic mass is 10.1. The van der Waals surface area contributed by atoms with Gasteiger partial charge in [0.15, 0.2) is 11.5 Å². The fraction of sp³-hybridized carbons (Fsp3) is 0.333. The van der Waals surface area contributed by atoms with Crippen molar-refractivity contribution in [1.82, 2.24) is 9.55 Å². The number of fused-ring (bicyclic) bond motifs is 3. The molecule has 0 bridgehead atoms. The number of carbonyl (C=O) groups is 2. The summed E-state index contributed by atoms with van der Waals surface area (Å²) in [7, 11) is 3.03. The first kappa shape index (κ1) is 16.2. The molecule has 0 aliphatic carbocycles. The Hall–Kier alpha value is -2.68. The highest BCUT2D eigenvalue weighted by atomic mass is 32.1. The van der Waals surface area contributed by atoms with Crippen LogP contribution in [0, 0.1) is 4.77 Å². The first-order valence-electron chi connectivity index (χ1n) is 7.17. The van der Waals surface area contributed by atoms with Crippen molar-refractivity contribution < 1.29 is 24.2 Å². The number of hydrogen-bond acceptors (Lipinski definition) is 7. The molecule has 8 nitrogen and oxygen atoms in total. The molecular formula is C15H15N3O5S. The molecular weight excluding hydrogens is 334 g/mol. The molecule has 1 aromatic carbocycles. The van der Waals surface area contributed by atoms with Crippen LogP contribution in [-0.2, 0) is 4.79 Å². The summed E-state index contributed by atoms with van der Waals surface area (Å²) in [6.45, 7) is 0. The first-order valence-corrected chi connectivity index (χ1v) is 7.58. The maximum atomic E-state index is 12.5. The Morgan fingerprint density at radius 1 is 1.38 bits per heavy atom. The highest BCUT2D eigenvalue weighted by Gasteiger charge is 2.32. The van der Waals surface area contributed by atoms with Crippen LogP contribution in [0.2, 0.25) is 0 Å². The number of nitrogens with zero attached hydrogens (tertiary/aromatic N) is 2. The molecule has 0 unspecified atom stereocenters. The van der Waals surface area contributed by atoms with Gasteiger partial charge in [-0.15, -0.1) is 0 Å². The van der Waals surface area contributed by atoms with E-state index in [2.05, 4.69) is 10.3 Å². The van der Waals surface area contributed by atoms with Crippen molar-refractivity contribution in [3.63, 3.8) is 0 Å². The number of aliphatic carboxylic acids is 1. The third-order valence-electron chi connectivity index (χ3n) is 3.86. The van der Waals surface area contributed by atoms with E-state index >= 15 is 0 Å². The predicted molar refractivity (Wildman–Crippen MR) is 88.6 cm³/mol. The zero-order chi connectivity index (χ0) is 17.4. The number of carbonyl (C=O) groups excluding carboxylic acids is 1. The van der Waals surface area contributed by atoms with Gasteiger partial charge in [0.05, 0.1) is 19.7 Å². The van der Waals surface area contributed by atoms with Gasteiger partial charge >= 0.3 is 5.97 Å². The number of hydrogen-bond donors (Lipinski definition) is 2. The molecule has 2 aromatic rings. The van der Waals surface area contributed by atoms with Crippen LogP contribution in [-0.4, -0.2) is 46.8 Å². The minimum atomic E-state index is -0.960. The Bertz CT molecular complexity index is 908. The summed E-state index contributed by atoms with van der Waals surface area (Å²) in [5.74, 6) is 0.226. The third-order valence-corrected chi connectivity index (χ3v) is 4.14. The van der Waals surface area contributed by atoms with Crippen molar-refractivity contribution in [2.45, 2.75) is 18.9 Å². The molecule has 1 aliphatic rings. The van der Waals surface area contributed by atoms with Crippen LogP contribution in [0.5, 0.6) is 11.5 Å². The Kier molecular flexibility index (Phi) is 4.10. The molecule has 2 N–H and O–H groups in total. The summed E-state index contributed by atoms with van der Waals surface area (Å²) >= 11 is 5.22. The van der Waals surface area contributed by atoms with Crippen molar-refractivity contribution in [3.8, 4) is 11.5 Å². The van der Waals surface area contributed by atoms with E-state index in [-0.39, 0.29) is 23.5 Å². The van der Waals surface area contributed by atoms with Gasteiger partial charge in [-0.25, -0.2) is 9.55 Å². The van der Waals surface area contributed by atoms with E-state index in [4.69, 9.17) is 26.8 Å². The van der Waals surface area contributed by atoms with Gasteiger partial charge in [-0.2, -0.15) is 0 Å². The zero-order valence-corrected chi connectivity index (χ0v) is 13.8. The number of nitrogens with one attached hydrogen (secondary N) is 1. The number of carboxylic acid groups (broad SMARTS) is 1. The van der Waals surface area contributed by atoms with Gasteiger partial charge in [-0.3, -0.25) is 9.59 Å². The average molecular weight is 349 g/mol. The third kappa shape index (κ3) is 2.56. The van der Waals surface area contributed by atoms with Gasteiger partial charge in [0.25, 0.3) is 5.91 Å². The van der Waals surface area contributed by atoms with Crippen LogP contribution < -0.4 is 14.8 Å². The molecule has 0 saturated carbocycles. The Morgan fingerprint density at radius 2 is 2.04 bits per heavy atom. The molecule has 0 saturated heterocycles. The van der Waals surface area contributed by atoms with E-state index in [0.717, 1.165) is 0 Å². The Labute approximate surface area is 142 Å². The quantitative estimate of drug-likeness (QED) is 0.791. The largest absolute Gasteiger partial charge is 0.493 e. The number of benzene rings is 1. The predicted octanol–water partition coefficient (Wildman–Crippen LogP) is 2.08. The summed E-state index contributed by atoms with van der Waals surface area (Å²) in [4.78, 5) is 27.5. The summed E-state index contributed by atoms with van der Waals surface area (Å²) in [5, 5.41) is 12.5. The van der Waals surface area contributed by atoms with E-state index < -0.39 is 12.0 Å². The second kappa shape index (κ2) is 6.08. The molecule has 1 aliphatic heterocycles. The molecule has 2 heterocycles. The molecule has 0 amide bonds. The molecule has 24 heavy (non-hydrogen) atoms. The minimum absolute atomic E-state index is 0.111. The van der Waals surface area contributed by atoms with E-state index in [1.54, 1.807) is 12.1 Å². The van der Waals surface area contributed by atoms with Gasteiger partial charge in [-0.05, 0) is 24.7 Å². The molecule has 0 fully saturated rings.